The van der Waals surface area contributed by atoms with Crippen LogP contribution in [0.2, 0.25) is 0 Å². The standard InChI is InChI=1S/C11H19Cl2NO2/c12-8-10(13)9-14-4-2-11(3-5-14)16-7-1-6-15/h8,11,15H,1-7,9H2. The average Bonchev–Trinajstić information content (AvgIpc) is 2.31. The minimum atomic E-state index is 0.203. The van der Waals surface area contributed by atoms with Crippen molar-refractivity contribution in [2.45, 2.75) is 25.4 Å². The van der Waals surface area contributed by atoms with Crippen LogP contribution in [0.15, 0.2) is 10.6 Å². The highest BCUT2D eigenvalue weighted by molar-refractivity contribution is 6.36. The van der Waals surface area contributed by atoms with Gasteiger partial charge < -0.3 is 9.84 Å². The number of piperidine rings is 1. The van der Waals surface area contributed by atoms with Crippen molar-refractivity contribution in [3.63, 3.8) is 0 Å². The summed E-state index contributed by atoms with van der Waals surface area (Å²) in [6.07, 6.45) is 3.11. The Balaban J connectivity index is 2.13. The first-order chi connectivity index (χ1) is 7.76. The van der Waals surface area contributed by atoms with Gasteiger partial charge in [-0.3, -0.25) is 4.90 Å². The normalized spacial score (nSPS) is 20.3. The lowest BCUT2D eigenvalue weighted by Gasteiger charge is -2.31. The van der Waals surface area contributed by atoms with Crippen molar-refractivity contribution in [3.05, 3.63) is 10.6 Å². The van der Waals surface area contributed by atoms with E-state index in [1.165, 1.54) is 5.54 Å². The smallest absolute Gasteiger partial charge is 0.0599 e. The van der Waals surface area contributed by atoms with Crippen LogP contribution in [0.1, 0.15) is 19.3 Å². The molecule has 0 saturated carbocycles. The lowest BCUT2D eigenvalue weighted by molar-refractivity contribution is 0.00422. The van der Waals surface area contributed by atoms with Crippen molar-refractivity contribution in [3.8, 4) is 0 Å². The Labute approximate surface area is 107 Å². The summed E-state index contributed by atoms with van der Waals surface area (Å²) in [5.74, 6) is 0. The molecular formula is C11H19Cl2NO2. The van der Waals surface area contributed by atoms with Crippen LogP contribution in [-0.4, -0.2) is 49.0 Å². The fourth-order valence-electron chi connectivity index (χ4n) is 1.80. The average molecular weight is 268 g/mol. The zero-order chi connectivity index (χ0) is 11.8. The van der Waals surface area contributed by atoms with Crippen molar-refractivity contribution in [2.24, 2.45) is 0 Å². The van der Waals surface area contributed by atoms with Crippen molar-refractivity contribution in [1.82, 2.24) is 4.90 Å². The molecule has 0 aliphatic carbocycles. The molecule has 5 heteroatoms. The molecule has 3 nitrogen and oxygen atoms in total. The maximum Gasteiger partial charge on any atom is 0.0599 e. The van der Waals surface area contributed by atoms with E-state index in [1.54, 1.807) is 0 Å². The summed E-state index contributed by atoms with van der Waals surface area (Å²) < 4.78 is 5.64. The molecule has 0 radical (unpaired) electrons. The number of rotatable bonds is 6. The fraction of sp³-hybridized carbons (Fsp3) is 0.818. The molecule has 1 aliphatic rings. The van der Waals surface area contributed by atoms with E-state index < -0.39 is 0 Å². The number of halogens is 2. The summed E-state index contributed by atoms with van der Waals surface area (Å²) in [6.45, 7) is 3.57. The molecule has 16 heavy (non-hydrogen) atoms. The Bertz CT molecular complexity index is 216. The molecule has 0 aromatic heterocycles. The number of hydrogen-bond acceptors (Lipinski definition) is 3. The molecule has 0 unspecified atom stereocenters. The summed E-state index contributed by atoms with van der Waals surface area (Å²) in [7, 11) is 0. The van der Waals surface area contributed by atoms with E-state index in [0.29, 0.717) is 17.7 Å². The number of hydrogen-bond donors (Lipinski definition) is 1. The Morgan fingerprint density at radius 1 is 1.44 bits per heavy atom. The molecule has 0 spiro atoms. The molecule has 0 atom stereocenters. The lowest BCUT2D eigenvalue weighted by atomic mass is 10.1. The zero-order valence-electron chi connectivity index (χ0n) is 9.37. The third kappa shape index (κ3) is 5.51. The molecule has 1 N–H and O–H groups in total. The molecule has 0 amide bonds. The first-order valence-corrected chi connectivity index (χ1v) is 6.47. The van der Waals surface area contributed by atoms with E-state index in [9.17, 15) is 0 Å². The maximum absolute atomic E-state index is 8.64. The van der Waals surface area contributed by atoms with Crippen LogP contribution in [0.25, 0.3) is 0 Å². The summed E-state index contributed by atoms with van der Waals surface area (Å²) in [5, 5.41) is 9.32. The van der Waals surface area contributed by atoms with Gasteiger partial charge in [-0.25, -0.2) is 0 Å². The minimum Gasteiger partial charge on any atom is -0.396 e. The second kappa shape index (κ2) is 8.31. The van der Waals surface area contributed by atoms with Gasteiger partial charge in [0.2, 0.25) is 0 Å². The van der Waals surface area contributed by atoms with Gasteiger partial charge in [0.1, 0.15) is 0 Å². The molecule has 0 aromatic carbocycles. The van der Waals surface area contributed by atoms with E-state index in [2.05, 4.69) is 4.90 Å². The Morgan fingerprint density at radius 3 is 2.69 bits per heavy atom. The maximum atomic E-state index is 8.64. The van der Waals surface area contributed by atoms with Crippen LogP contribution in [0.4, 0.5) is 0 Å². The van der Waals surface area contributed by atoms with Crippen molar-refractivity contribution < 1.29 is 9.84 Å². The van der Waals surface area contributed by atoms with E-state index in [4.69, 9.17) is 33.0 Å². The summed E-state index contributed by atoms with van der Waals surface area (Å²) in [6, 6.07) is 0. The number of ether oxygens (including phenoxy) is 1. The van der Waals surface area contributed by atoms with Gasteiger partial charge in [-0.05, 0) is 19.3 Å². The highest BCUT2D eigenvalue weighted by Gasteiger charge is 2.19. The van der Waals surface area contributed by atoms with Gasteiger partial charge in [-0.15, -0.1) is 0 Å². The van der Waals surface area contributed by atoms with Gasteiger partial charge >= 0.3 is 0 Å². The zero-order valence-corrected chi connectivity index (χ0v) is 10.9. The molecule has 1 fully saturated rings. The first-order valence-electron chi connectivity index (χ1n) is 5.66. The molecule has 1 saturated heterocycles. The van der Waals surface area contributed by atoms with Gasteiger partial charge in [0, 0.05) is 43.4 Å². The van der Waals surface area contributed by atoms with Gasteiger partial charge in [-0.1, -0.05) is 23.2 Å². The topological polar surface area (TPSA) is 32.7 Å². The van der Waals surface area contributed by atoms with Crippen LogP contribution in [0, 0.1) is 0 Å². The van der Waals surface area contributed by atoms with E-state index >= 15 is 0 Å². The molecule has 1 heterocycles. The number of likely N-dealkylation sites (tertiary alicyclic amines) is 1. The van der Waals surface area contributed by atoms with Gasteiger partial charge in [0.05, 0.1) is 6.10 Å². The Morgan fingerprint density at radius 2 is 2.12 bits per heavy atom. The van der Waals surface area contributed by atoms with Crippen LogP contribution in [-0.2, 0) is 4.74 Å². The molecule has 1 rings (SSSR count). The Hall–Kier alpha value is 0.200. The molecule has 0 bridgehead atoms. The van der Waals surface area contributed by atoms with Crippen molar-refractivity contribution in [1.29, 1.82) is 0 Å². The molecule has 1 aliphatic heterocycles. The highest BCUT2D eigenvalue weighted by atomic mass is 35.5. The summed E-state index contributed by atoms with van der Waals surface area (Å²) in [4.78, 5) is 2.27. The van der Waals surface area contributed by atoms with Crippen LogP contribution < -0.4 is 0 Å². The van der Waals surface area contributed by atoms with E-state index in [0.717, 1.165) is 38.9 Å². The molecular weight excluding hydrogens is 249 g/mol. The summed E-state index contributed by atoms with van der Waals surface area (Å²) >= 11 is 11.4. The minimum absolute atomic E-state index is 0.203. The fourth-order valence-corrected chi connectivity index (χ4v) is 2.03. The number of nitrogens with zero attached hydrogens (tertiary/aromatic N) is 1. The largest absolute Gasteiger partial charge is 0.396 e. The quantitative estimate of drug-likeness (QED) is 0.749. The van der Waals surface area contributed by atoms with Crippen LogP contribution in [0.3, 0.4) is 0 Å². The third-order valence-corrected chi connectivity index (χ3v) is 3.29. The van der Waals surface area contributed by atoms with Crippen LogP contribution in [0.5, 0.6) is 0 Å². The van der Waals surface area contributed by atoms with E-state index in [1.807, 2.05) is 0 Å². The van der Waals surface area contributed by atoms with Crippen molar-refractivity contribution >= 4 is 23.2 Å². The highest BCUT2D eigenvalue weighted by Crippen LogP contribution is 2.16. The number of aliphatic hydroxyl groups excluding tert-OH is 1. The lowest BCUT2D eigenvalue weighted by Crippen LogP contribution is -2.37. The Kier molecular flexibility index (Phi) is 7.41. The van der Waals surface area contributed by atoms with Crippen molar-refractivity contribution in [2.75, 3.05) is 32.8 Å². The predicted molar refractivity (Wildman–Crippen MR) is 66.9 cm³/mol. The van der Waals surface area contributed by atoms with Gasteiger partial charge in [-0.2, -0.15) is 0 Å². The predicted octanol–water partition coefficient (Wildman–Crippen LogP) is 2.17. The molecule has 0 aromatic rings. The van der Waals surface area contributed by atoms with Crippen LogP contribution >= 0.6 is 23.2 Å². The summed E-state index contributed by atoms with van der Waals surface area (Å²) in [5.41, 5.74) is 1.42. The van der Waals surface area contributed by atoms with Gasteiger partial charge in [0.25, 0.3) is 0 Å². The van der Waals surface area contributed by atoms with E-state index in [-0.39, 0.29) is 6.61 Å². The molecule has 94 valence electrons. The SMILES string of the molecule is OCCCOC1CCN(CC(Cl)=CCl)CC1. The second-order valence-corrected chi connectivity index (χ2v) is 4.68. The van der Waals surface area contributed by atoms with Gasteiger partial charge in [0.15, 0.2) is 0 Å². The second-order valence-electron chi connectivity index (χ2n) is 3.98. The monoisotopic (exact) mass is 267 g/mol. The number of aliphatic hydroxyl groups is 1. The third-order valence-electron chi connectivity index (χ3n) is 2.68. The first kappa shape index (κ1) is 14.3.